The number of methoxy groups -OCH3 is 1. The average molecular weight is 404 g/mol. The van der Waals surface area contributed by atoms with Crippen molar-refractivity contribution in [2.45, 2.75) is 6.54 Å². The predicted molar refractivity (Wildman–Crippen MR) is 106 cm³/mol. The first-order chi connectivity index (χ1) is 14.6. The van der Waals surface area contributed by atoms with Crippen LogP contribution in [0.3, 0.4) is 0 Å². The maximum atomic E-state index is 13.1. The Morgan fingerprint density at radius 2 is 2.03 bits per heavy atom. The van der Waals surface area contributed by atoms with Gasteiger partial charge < -0.3 is 18.8 Å². The fourth-order valence-corrected chi connectivity index (χ4v) is 3.53. The van der Waals surface area contributed by atoms with Crippen molar-refractivity contribution in [1.29, 1.82) is 5.41 Å². The fraction of sp³-hybridized carbons (Fsp3) is 0.143. The maximum Gasteiger partial charge on any atom is 0.341 e. The highest BCUT2D eigenvalue weighted by atomic mass is 16.7. The van der Waals surface area contributed by atoms with Crippen LogP contribution >= 0.6 is 0 Å². The van der Waals surface area contributed by atoms with Crippen LogP contribution in [-0.4, -0.2) is 33.8 Å². The number of nitrogens with zero attached hydrogens (tertiary/aromatic N) is 3. The summed E-state index contributed by atoms with van der Waals surface area (Å²) in [6.07, 6.45) is 1.61. The molecule has 0 saturated heterocycles. The van der Waals surface area contributed by atoms with E-state index in [9.17, 15) is 9.59 Å². The van der Waals surface area contributed by atoms with Crippen LogP contribution in [0.5, 0.6) is 11.5 Å². The Kier molecular flexibility index (Phi) is 4.02. The highest BCUT2D eigenvalue weighted by Gasteiger charge is 2.19. The molecule has 0 bridgehead atoms. The molecule has 0 spiro atoms. The minimum Gasteiger partial charge on any atom is -0.465 e. The number of carbonyl (C=O) groups is 1. The van der Waals surface area contributed by atoms with Gasteiger partial charge in [0.2, 0.25) is 6.79 Å². The first-order valence-corrected chi connectivity index (χ1v) is 9.13. The van der Waals surface area contributed by atoms with Gasteiger partial charge in [-0.3, -0.25) is 14.6 Å². The number of esters is 1. The van der Waals surface area contributed by atoms with Crippen molar-refractivity contribution in [2.75, 3.05) is 13.9 Å². The number of nitrogens with one attached hydrogen (secondary N) is 1. The van der Waals surface area contributed by atoms with Gasteiger partial charge in [0.1, 0.15) is 22.3 Å². The van der Waals surface area contributed by atoms with Gasteiger partial charge in [-0.05, 0) is 35.9 Å². The zero-order chi connectivity index (χ0) is 20.8. The predicted octanol–water partition coefficient (Wildman–Crippen LogP) is 1.69. The second-order valence-corrected chi connectivity index (χ2v) is 6.76. The number of rotatable bonds is 3. The Morgan fingerprint density at radius 3 is 2.87 bits per heavy atom. The molecule has 1 aliphatic rings. The smallest absolute Gasteiger partial charge is 0.341 e. The van der Waals surface area contributed by atoms with Gasteiger partial charge in [-0.2, -0.15) is 0 Å². The number of hydrogen-bond acceptors (Lipinski definition) is 7. The topological polar surface area (TPSA) is 108 Å². The quantitative estimate of drug-likeness (QED) is 0.411. The van der Waals surface area contributed by atoms with Gasteiger partial charge in [-0.25, -0.2) is 9.78 Å². The van der Waals surface area contributed by atoms with Gasteiger partial charge in [0.25, 0.3) is 5.56 Å². The Morgan fingerprint density at radius 1 is 1.20 bits per heavy atom. The summed E-state index contributed by atoms with van der Waals surface area (Å²) in [4.78, 5) is 30.0. The molecule has 3 aromatic heterocycles. The lowest BCUT2D eigenvalue weighted by Crippen LogP contribution is -2.31. The minimum absolute atomic E-state index is 0.0134. The van der Waals surface area contributed by atoms with Crippen LogP contribution < -0.4 is 20.5 Å². The number of hydrogen-bond donors (Lipinski definition) is 1. The van der Waals surface area contributed by atoms with E-state index in [0.717, 1.165) is 5.56 Å². The molecule has 0 unspecified atom stereocenters. The molecular weight excluding hydrogens is 388 g/mol. The van der Waals surface area contributed by atoms with Gasteiger partial charge >= 0.3 is 5.97 Å². The first kappa shape index (κ1) is 17.9. The number of benzene rings is 1. The summed E-state index contributed by atoms with van der Waals surface area (Å²) in [5.74, 6) is 0.552. The van der Waals surface area contributed by atoms with Crippen LogP contribution in [0.4, 0.5) is 0 Å². The third kappa shape index (κ3) is 2.71. The summed E-state index contributed by atoms with van der Waals surface area (Å²) < 4.78 is 18.5. The zero-order valence-electron chi connectivity index (χ0n) is 15.9. The standard InChI is InChI=1S/C21H16N4O5/c1-28-21(27)13-9-14-19(23-17-4-2-3-7-24(17)20(14)26)25(18(13)22)10-12-5-6-15-16(8-12)30-11-29-15/h2-9,22H,10-11H2,1H3. The van der Waals surface area contributed by atoms with Gasteiger partial charge in [-0.15, -0.1) is 0 Å². The highest BCUT2D eigenvalue weighted by molar-refractivity contribution is 5.93. The Hall–Kier alpha value is -4.14. The molecule has 0 aliphatic carbocycles. The fourth-order valence-electron chi connectivity index (χ4n) is 3.53. The van der Waals surface area contributed by atoms with E-state index in [2.05, 4.69) is 4.98 Å². The summed E-state index contributed by atoms with van der Waals surface area (Å²) in [7, 11) is 1.24. The number of fused-ring (bicyclic) bond motifs is 3. The molecule has 4 aromatic rings. The van der Waals surface area contributed by atoms with E-state index < -0.39 is 5.97 Å². The highest BCUT2D eigenvalue weighted by Crippen LogP contribution is 2.32. The van der Waals surface area contributed by atoms with Crippen LogP contribution in [0.15, 0.2) is 53.5 Å². The molecule has 150 valence electrons. The SMILES string of the molecule is COC(=O)c1cc2c(=O)n3ccccc3nc2n(Cc2ccc3c(c2)OCO3)c1=N. The van der Waals surface area contributed by atoms with Crippen LogP contribution in [-0.2, 0) is 11.3 Å². The van der Waals surface area contributed by atoms with Crippen LogP contribution in [0.25, 0.3) is 16.7 Å². The molecule has 0 radical (unpaired) electrons. The van der Waals surface area contributed by atoms with Crippen molar-refractivity contribution >= 4 is 22.6 Å². The summed E-state index contributed by atoms with van der Waals surface area (Å²) >= 11 is 0. The van der Waals surface area contributed by atoms with E-state index >= 15 is 0 Å². The lowest BCUT2D eigenvalue weighted by Gasteiger charge is -2.14. The lowest BCUT2D eigenvalue weighted by atomic mass is 10.1. The van der Waals surface area contributed by atoms with E-state index in [1.165, 1.54) is 22.1 Å². The van der Waals surface area contributed by atoms with Crippen molar-refractivity contribution in [3.8, 4) is 11.5 Å². The normalized spacial score (nSPS) is 12.4. The van der Waals surface area contributed by atoms with Crippen LogP contribution in [0.2, 0.25) is 0 Å². The van der Waals surface area contributed by atoms with E-state index in [0.29, 0.717) is 22.8 Å². The molecule has 5 rings (SSSR count). The van der Waals surface area contributed by atoms with Crippen molar-refractivity contribution < 1.29 is 19.0 Å². The molecular formula is C21H16N4O5. The van der Waals surface area contributed by atoms with E-state index in [-0.39, 0.29) is 35.3 Å². The molecule has 9 heteroatoms. The second kappa shape index (κ2) is 6.73. The zero-order valence-corrected chi connectivity index (χ0v) is 15.9. The largest absolute Gasteiger partial charge is 0.465 e. The van der Waals surface area contributed by atoms with Crippen LogP contribution in [0, 0.1) is 5.41 Å². The number of aromatic nitrogens is 3. The number of pyridine rings is 2. The van der Waals surface area contributed by atoms with Crippen molar-refractivity contribution in [2.24, 2.45) is 0 Å². The molecule has 1 aromatic carbocycles. The van der Waals surface area contributed by atoms with Gasteiger partial charge in [-0.1, -0.05) is 12.1 Å². The van der Waals surface area contributed by atoms with E-state index in [1.54, 1.807) is 36.5 Å². The molecule has 0 amide bonds. The molecule has 0 fully saturated rings. The van der Waals surface area contributed by atoms with Gasteiger partial charge in [0.15, 0.2) is 11.5 Å². The Bertz CT molecular complexity index is 1450. The maximum absolute atomic E-state index is 13.1. The molecule has 0 atom stereocenters. The third-order valence-corrected chi connectivity index (χ3v) is 5.00. The summed E-state index contributed by atoms with van der Waals surface area (Å²) in [5.41, 5.74) is 1.11. The monoisotopic (exact) mass is 404 g/mol. The molecule has 0 saturated carbocycles. The first-order valence-electron chi connectivity index (χ1n) is 9.13. The van der Waals surface area contributed by atoms with Crippen molar-refractivity contribution in [3.63, 3.8) is 0 Å². The molecule has 1 aliphatic heterocycles. The van der Waals surface area contributed by atoms with Crippen molar-refractivity contribution in [1.82, 2.24) is 14.0 Å². The molecule has 30 heavy (non-hydrogen) atoms. The van der Waals surface area contributed by atoms with Gasteiger partial charge in [0, 0.05) is 6.20 Å². The van der Waals surface area contributed by atoms with E-state index in [4.69, 9.17) is 19.6 Å². The van der Waals surface area contributed by atoms with Crippen LogP contribution in [0.1, 0.15) is 15.9 Å². The summed E-state index contributed by atoms with van der Waals surface area (Å²) in [5, 5.41) is 8.82. The minimum atomic E-state index is -0.695. The average Bonchev–Trinajstić information content (AvgIpc) is 3.23. The number of ether oxygens (including phenoxy) is 3. The van der Waals surface area contributed by atoms with Gasteiger partial charge in [0.05, 0.1) is 19.0 Å². The summed E-state index contributed by atoms with van der Waals surface area (Å²) in [6.45, 7) is 0.354. The number of carbonyl (C=O) groups excluding carboxylic acids is 1. The molecule has 4 heterocycles. The van der Waals surface area contributed by atoms with Crippen molar-refractivity contribution in [3.05, 3.63) is 75.6 Å². The molecule has 1 N–H and O–H groups in total. The summed E-state index contributed by atoms with van der Waals surface area (Å²) in [6, 6.07) is 12.0. The molecule has 9 nitrogen and oxygen atoms in total. The lowest BCUT2D eigenvalue weighted by molar-refractivity contribution is 0.0597. The van der Waals surface area contributed by atoms with E-state index in [1.807, 2.05) is 6.07 Å². The Labute approximate surface area is 169 Å². The third-order valence-electron chi connectivity index (χ3n) is 5.00. The Balaban J connectivity index is 1.80. The second-order valence-electron chi connectivity index (χ2n) is 6.76.